The molecule has 0 heterocycles. The van der Waals surface area contributed by atoms with Gasteiger partial charge in [0.05, 0.1) is 0 Å². The van der Waals surface area contributed by atoms with Crippen LogP contribution in [0.15, 0.2) is 24.3 Å². The third kappa shape index (κ3) is 4.91. The van der Waals surface area contributed by atoms with E-state index in [1.165, 1.54) is 0 Å². The van der Waals surface area contributed by atoms with Gasteiger partial charge in [-0.2, -0.15) is 0 Å². The molecule has 2 nitrogen and oxygen atoms in total. The number of thiol groups is 1. The monoisotopic (exact) mass is 228 g/mol. The Kier molecular flexibility index (Phi) is 7.03. The molecule has 12 heavy (non-hydrogen) atoms. The molecule has 1 aromatic rings. The molecule has 5 heteroatoms. The Morgan fingerprint density at radius 1 is 1.33 bits per heavy atom. The first kappa shape index (κ1) is 13.0. The fraction of sp³-hybridized carbons (Fsp3) is 0.143. The zero-order valence-corrected chi connectivity index (χ0v) is 7.69. The van der Waals surface area contributed by atoms with Crippen LogP contribution in [-0.4, -0.2) is 55.6 Å². The van der Waals surface area contributed by atoms with Crippen molar-refractivity contribution < 1.29 is 8.39 Å². The van der Waals surface area contributed by atoms with E-state index in [0.29, 0.717) is 5.75 Å². The van der Waals surface area contributed by atoms with Gasteiger partial charge in [0.1, 0.15) is 5.75 Å². The van der Waals surface area contributed by atoms with Gasteiger partial charge in [-0.15, -0.1) is 0 Å². The second kappa shape index (κ2) is 6.48. The van der Waals surface area contributed by atoms with Crippen LogP contribution in [-0.2, 0) is 20.8 Å². The molecule has 0 fully saturated rings. The summed E-state index contributed by atoms with van der Waals surface area (Å²) in [4.78, 5) is 0. The minimum absolute atomic E-state index is 0. The molecule has 0 N–H and O–H groups in total. The second-order valence-corrected chi connectivity index (χ2v) is 3.65. The number of hydrogen-bond acceptors (Lipinski definition) is 3. The summed E-state index contributed by atoms with van der Waals surface area (Å²) in [5, 5.41) is 0. The van der Waals surface area contributed by atoms with Crippen molar-refractivity contribution in [3.63, 3.8) is 0 Å². The van der Waals surface area contributed by atoms with Crippen molar-refractivity contribution in [3.05, 3.63) is 29.8 Å². The van der Waals surface area contributed by atoms with Crippen molar-refractivity contribution in [2.75, 3.05) is 0 Å². The normalized spacial score (nSPS) is 11.4. The molecule has 0 aliphatic rings. The van der Waals surface area contributed by atoms with E-state index >= 15 is 0 Å². The van der Waals surface area contributed by atoms with Crippen LogP contribution in [0.25, 0.3) is 0 Å². The van der Waals surface area contributed by atoms with Gasteiger partial charge in [0.25, 0.3) is 0 Å². The summed E-state index contributed by atoms with van der Waals surface area (Å²) in [5.41, 5.74) is 1.14. The average Bonchev–Trinajstić information content (AvgIpc) is 1.93. The van der Waals surface area contributed by atoms with E-state index < -0.39 is 9.64 Å². The zero-order chi connectivity index (χ0) is 8.27. The van der Waals surface area contributed by atoms with Gasteiger partial charge in [-0.25, -0.2) is 4.21 Å². The topological polar surface area (TPSA) is 26.3 Å². The zero-order valence-electron chi connectivity index (χ0n) is 5.98. The number of aryl methyl sites for hydroxylation is 1. The van der Waals surface area contributed by atoms with Gasteiger partial charge in [0.2, 0.25) is 0 Å². The molecular formula is C7H9KO2S2. The Hall–Kier alpha value is 1.03. The van der Waals surface area contributed by atoms with Crippen LogP contribution in [0.5, 0.6) is 5.75 Å². The van der Waals surface area contributed by atoms with Crippen LogP contribution in [0, 0.1) is 6.92 Å². The van der Waals surface area contributed by atoms with Crippen LogP contribution in [0.4, 0.5) is 0 Å². The van der Waals surface area contributed by atoms with Gasteiger partial charge < -0.3 is 4.18 Å². The summed E-state index contributed by atoms with van der Waals surface area (Å²) in [6.45, 7) is 1.97. The van der Waals surface area contributed by atoms with Crippen molar-refractivity contribution in [2.45, 2.75) is 6.92 Å². The Morgan fingerprint density at radius 3 is 2.25 bits per heavy atom. The molecule has 1 rings (SSSR count). The van der Waals surface area contributed by atoms with E-state index in [1.54, 1.807) is 12.1 Å². The maximum absolute atomic E-state index is 10.4. The van der Waals surface area contributed by atoms with Crippen LogP contribution >= 0.6 is 0 Å². The molecule has 0 saturated heterocycles. The molecule has 0 aromatic heterocycles. The van der Waals surface area contributed by atoms with Crippen LogP contribution in [0.1, 0.15) is 5.56 Å². The standard InChI is InChI=1S/C7H8O2S2.K.H/c1-6-2-4-7(5-3-6)9-11(8)10;;/h2-5,11H,1H3;;. The fourth-order valence-electron chi connectivity index (χ4n) is 0.685. The number of hydrogen-bond donors (Lipinski definition) is 1. The van der Waals surface area contributed by atoms with Crippen molar-refractivity contribution >= 4 is 72.2 Å². The van der Waals surface area contributed by atoms with Crippen molar-refractivity contribution in [1.29, 1.82) is 0 Å². The SMILES string of the molecule is Cc1ccc(O[SH](=O)=S)cc1.[KH]. The Labute approximate surface area is 121 Å². The van der Waals surface area contributed by atoms with Crippen molar-refractivity contribution in [3.8, 4) is 5.75 Å². The summed E-state index contributed by atoms with van der Waals surface area (Å²) in [7, 11) is -1.95. The third-order valence-electron chi connectivity index (χ3n) is 1.20. The predicted molar refractivity (Wildman–Crippen MR) is 55.9 cm³/mol. The second-order valence-electron chi connectivity index (χ2n) is 2.13. The molecule has 0 bridgehead atoms. The molecule has 1 atom stereocenters. The molecule has 0 saturated carbocycles. The summed E-state index contributed by atoms with van der Waals surface area (Å²) < 4.78 is 15.2. The summed E-state index contributed by atoms with van der Waals surface area (Å²) in [6, 6.07) is 7.25. The van der Waals surface area contributed by atoms with Gasteiger partial charge in [-0.3, -0.25) is 0 Å². The van der Waals surface area contributed by atoms with E-state index in [9.17, 15) is 4.21 Å². The Bertz CT molecular complexity index is 298. The quantitative estimate of drug-likeness (QED) is 0.592. The number of rotatable bonds is 2. The van der Waals surface area contributed by atoms with Gasteiger partial charge >= 0.3 is 51.4 Å². The van der Waals surface area contributed by atoms with Crippen molar-refractivity contribution in [1.82, 2.24) is 0 Å². The average molecular weight is 228 g/mol. The first-order valence-corrected chi connectivity index (χ1v) is 5.26. The first-order valence-electron chi connectivity index (χ1n) is 3.07. The molecule has 1 unspecified atom stereocenters. The van der Waals surface area contributed by atoms with Gasteiger partial charge in [-0.1, -0.05) is 17.7 Å². The molecule has 62 valence electrons. The predicted octanol–water partition coefficient (Wildman–Crippen LogP) is 0.583. The first-order chi connectivity index (χ1) is 5.18. The molecule has 1 aromatic carbocycles. The minimum atomic E-state index is -1.95. The molecule has 0 radical (unpaired) electrons. The summed E-state index contributed by atoms with van der Waals surface area (Å²) >= 11 is 4.38. The van der Waals surface area contributed by atoms with E-state index in [2.05, 4.69) is 11.2 Å². The summed E-state index contributed by atoms with van der Waals surface area (Å²) in [5.74, 6) is 0.562. The maximum atomic E-state index is 10.4. The Balaban J connectivity index is 0.00000121. The molecule has 0 aliphatic heterocycles. The van der Waals surface area contributed by atoms with Gasteiger partial charge in [0.15, 0.2) is 9.64 Å². The van der Waals surface area contributed by atoms with Gasteiger partial charge in [0, 0.05) is 11.2 Å². The van der Waals surface area contributed by atoms with E-state index in [1.807, 2.05) is 19.1 Å². The van der Waals surface area contributed by atoms with Crippen molar-refractivity contribution in [2.24, 2.45) is 0 Å². The number of benzene rings is 1. The molecule has 0 amide bonds. The van der Waals surface area contributed by atoms with Crippen LogP contribution in [0.3, 0.4) is 0 Å². The van der Waals surface area contributed by atoms with E-state index in [-0.39, 0.29) is 51.4 Å². The van der Waals surface area contributed by atoms with E-state index in [0.717, 1.165) is 5.56 Å². The van der Waals surface area contributed by atoms with E-state index in [4.69, 9.17) is 4.18 Å². The molecular weight excluding hydrogens is 219 g/mol. The molecule has 0 aliphatic carbocycles. The summed E-state index contributed by atoms with van der Waals surface area (Å²) in [6.07, 6.45) is 0. The fourth-order valence-corrected chi connectivity index (χ4v) is 1.24. The third-order valence-corrected chi connectivity index (χ3v) is 1.78. The van der Waals surface area contributed by atoms with Crippen LogP contribution < -0.4 is 4.18 Å². The van der Waals surface area contributed by atoms with Gasteiger partial charge in [-0.05, 0) is 19.1 Å². The Morgan fingerprint density at radius 2 is 1.83 bits per heavy atom. The van der Waals surface area contributed by atoms with Crippen LogP contribution in [0.2, 0.25) is 0 Å². The molecule has 0 spiro atoms.